The molecule has 6 heteroatoms. The van der Waals surface area contributed by atoms with Crippen LogP contribution in [0.15, 0.2) is 30.3 Å². The number of carboxylic acids is 1. The molecule has 2 bridgehead atoms. The van der Waals surface area contributed by atoms with Crippen LogP contribution >= 0.6 is 0 Å². The summed E-state index contributed by atoms with van der Waals surface area (Å²) < 4.78 is 12.1. The van der Waals surface area contributed by atoms with Crippen molar-refractivity contribution in [2.24, 2.45) is 33.5 Å². The number of hydrogen-bond donors (Lipinski definition) is 1. The molecule has 0 heterocycles. The Balaban J connectivity index is 1.58. The molecular formula is C29H38O6. The fraction of sp³-hybridized carbons (Fsp3) is 0.690. The van der Waals surface area contributed by atoms with Crippen molar-refractivity contribution >= 4 is 17.9 Å². The van der Waals surface area contributed by atoms with E-state index in [2.05, 4.69) is 13.8 Å². The van der Waals surface area contributed by atoms with Crippen molar-refractivity contribution in [3.8, 4) is 0 Å². The van der Waals surface area contributed by atoms with E-state index in [1.807, 2.05) is 25.1 Å². The number of benzene rings is 1. The van der Waals surface area contributed by atoms with Crippen LogP contribution in [0.5, 0.6) is 0 Å². The third-order valence-corrected chi connectivity index (χ3v) is 10.8. The van der Waals surface area contributed by atoms with Crippen molar-refractivity contribution in [3.05, 3.63) is 35.9 Å². The van der Waals surface area contributed by atoms with Crippen LogP contribution in [0, 0.1) is 33.5 Å². The maximum Gasteiger partial charge on any atom is 0.338 e. The molecule has 35 heavy (non-hydrogen) atoms. The number of fused-ring (bicyclic) bond motifs is 2. The zero-order valence-electron chi connectivity index (χ0n) is 21.3. The lowest BCUT2D eigenvalue weighted by molar-refractivity contribution is -0.235. The van der Waals surface area contributed by atoms with E-state index in [1.54, 1.807) is 12.1 Å². The van der Waals surface area contributed by atoms with E-state index in [-0.39, 0.29) is 40.2 Å². The van der Waals surface area contributed by atoms with Gasteiger partial charge in [-0.05, 0) is 80.8 Å². The second-order valence-electron chi connectivity index (χ2n) is 12.5. The van der Waals surface area contributed by atoms with Gasteiger partial charge in [0.05, 0.1) is 11.0 Å². The molecule has 190 valence electrons. The van der Waals surface area contributed by atoms with Crippen LogP contribution in [-0.4, -0.2) is 35.2 Å². The highest BCUT2D eigenvalue weighted by Crippen LogP contribution is 2.76. The normalized spacial score (nSPS) is 44.0. The molecule has 8 atom stereocenters. The van der Waals surface area contributed by atoms with Crippen molar-refractivity contribution in [2.45, 2.75) is 91.3 Å². The fourth-order valence-electron chi connectivity index (χ4n) is 9.23. The number of ether oxygens (including phenoxy) is 2. The third kappa shape index (κ3) is 3.46. The Morgan fingerprint density at radius 3 is 2.31 bits per heavy atom. The summed E-state index contributed by atoms with van der Waals surface area (Å²) in [6, 6.07) is 8.95. The molecule has 5 rings (SSSR count). The number of aliphatic carboxylic acids is 1. The average molecular weight is 483 g/mol. The molecular weight excluding hydrogens is 444 g/mol. The predicted molar refractivity (Wildman–Crippen MR) is 130 cm³/mol. The Labute approximate surface area is 207 Å². The molecule has 4 saturated carbocycles. The molecule has 0 saturated heterocycles. The van der Waals surface area contributed by atoms with E-state index in [4.69, 9.17) is 9.47 Å². The van der Waals surface area contributed by atoms with Crippen LogP contribution in [0.4, 0.5) is 0 Å². The monoisotopic (exact) mass is 482 g/mol. The summed E-state index contributed by atoms with van der Waals surface area (Å²) in [6.45, 7) is 7.87. The maximum atomic E-state index is 13.2. The molecule has 4 fully saturated rings. The van der Waals surface area contributed by atoms with Crippen LogP contribution in [0.2, 0.25) is 0 Å². The Morgan fingerprint density at radius 1 is 0.943 bits per heavy atom. The van der Waals surface area contributed by atoms with Gasteiger partial charge in [-0.25, -0.2) is 4.79 Å². The molecule has 1 spiro atoms. The predicted octanol–water partition coefficient (Wildman–Crippen LogP) is 5.64. The molecule has 0 aliphatic heterocycles. The molecule has 4 aliphatic rings. The Kier molecular flexibility index (Phi) is 5.61. The number of carboxylic acid groups (broad SMARTS) is 1. The van der Waals surface area contributed by atoms with Crippen molar-refractivity contribution in [2.75, 3.05) is 0 Å². The molecule has 0 amide bonds. The topological polar surface area (TPSA) is 89.9 Å². The highest BCUT2D eigenvalue weighted by atomic mass is 16.5. The average Bonchev–Trinajstić information content (AvgIpc) is 3.12. The minimum Gasteiger partial charge on any atom is -0.481 e. The number of carbonyl (C=O) groups is 3. The summed E-state index contributed by atoms with van der Waals surface area (Å²) in [5.74, 6) is -1.49. The molecule has 1 aromatic carbocycles. The van der Waals surface area contributed by atoms with E-state index in [1.165, 1.54) is 6.92 Å². The Bertz CT molecular complexity index is 1040. The molecule has 0 aromatic heterocycles. The van der Waals surface area contributed by atoms with Crippen LogP contribution in [0.1, 0.15) is 89.4 Å². The SMILES string of the molecule is CC(=O)O[C@@H]1C[C@@H]2C[C@@H](OC(=O)c3ccccc3)[C@H]3[C@](C)(C(=O)O)CCC[C@]3(C)[C@]23CC[C@]1(C)C3. The first kappa shape index (κ1) is 24.3. The van der Waals surface area contributed by atoms with Gasteiger partial charge in [0.25, 0.3) is 0 Å². The highest BCUT2D eigenvalue weighted by molar-refractivity contribution is 5.89. The minimum absolute atomic E-state index is 0.0319. The maximum absolute atomic E-state index is 13.2. The van der Waals surface area contributed by atoms with Gasteiger partial charge in [0.15, 0.2) is 0 Å². The van der Waals surface area contributed by atoms with Crippen molar-refractivity contribution in [1.29, 1.82) is 0 Å². The first-order valence-electron chi connectivity index (χ1n) is 13.1. The van der Waals surface area contributed by atoms with Gasteiger partial charge in [0.1, 0.15) is 12.2 Å². The van der Waals surface area contributed by atoms with E-state index in [0.29, 0.717) is 18.4 Å². The molecule has 4 aliphatic carbocycles. The van der Waals surface area contributed by atoms with Gasteiger partial charge < -0.3 is 14.6 Å². The largest absolute Gasteiger partial charge is 0.481 e. The fourth-order valence-corrected chi connectivity index (χ4v) is 9.23. The first-order valence-corrected chi connectivity index (χ1v) is 13.1. The Hall–Kier alpha value is -2.37. The molecule has 0 radical (unpaired) electrons. The summed E-state index contributed by atoms with van der Waals surface area (Å²) in [6.07, 6.45) is 6.03. The summed E-state index contributed by atoms with van der Waals surface area (Å²) in [4.78, 5) is 37.9. The van der Waals surface area contributed by atoms with E-state index >= 15 is 0 Å². The molecule has 0 unspecified atom stereocenters. The van der Waals surface area contributed by atoms with E-state index < -0.39 is 23.5 Å². The van der Waals surface area contributed by atoms with Crippen LogP contribution < -0.4 is 0 Å². The van der Waals surface area contributed by atoms with E-state index in [9.17, 15) is 19.5 Å². The lowest BCUT2D eigenvalue weighted by Crippen LogP contribution is -2.66. The summed E-state index contributed by atoms with van der Waals surface area (Å²) in [5.41, 5.74) is -0.879. The Morgan fingerprint density at radius 2 is 1.66 bits per heavy atom. The minimum atomic E-state index is -0.958. The van der Waals surface area contributed by atoms with Gasteiger partial charge in [-0.3, -0.25) is 9.59 Å². The molecule has 1 N–H and O–H groups in total. The van der Waals surface area contributed by atoms with Gasteiger partial charge in [0.2, 0.25) is 0 Å². The number of hydrogen-bond acceptors (Lipinski definition) is 5. The van der Waals surface area contributed by atoms with Gasteiger partial charge >= 0.3 is 17.9 Å². The summed E-state index contributed by atoms with van der Waals surface area (Å²) in [5, 5.41) is 10.5. The molecule has 6 nitrogen and oxygen atoms in total. The van der Waals surface area contributed by atoms with Crippen LogP contribution in [0.25, 0.3) is 0 Å². The van der Waals surface area contributed by atoms with Gasteiger partial charge in [-0.1, -0.05) is 38.5 Å². The number of esters is 2. The lowest BCUT2D eigenvalue weighted by atomic mass is 9.37. The third-order valence-electron chi connectivity index (χ3n) is 10.8. The first-order chi connectivity index (χ1) is 16.5. The van der Waals surface area contributed by atoms with Gasteiger partial charge in [-0.2, -0.15) is 0 Å². The van der Waals surface area contributed by atoms with Crippen molar-refractivity contribution < 1.29 is 29.0 Å². The van der Waals surface area contributed by atoms with Crippen LogP contribution in [0.3, 0.4) is 0 Å². The smallest absolute Gasteiger partial charge is 0.338 e. The van der Waals surface area contributed by atoms with Gasteiger partial charge in [-0.15, -0.1) is 0 Å². The standard InChI is InChI=1S/C29H38O6/c1-18(30)34-22-16-20-15-21(35-24(31)19-9-6-5-7-10-19)23-27(3,25(32)33)11-8-12-28(23,4)29(20)14-13-26(22,2)17-29/h5-7,9-10,20-23H,8,11-17H2,1-4H3,(H,32,33)/t20-,21+,22+,23-,26+,27+,28-,29-/m0/s1. The summed E-state index contributed by atoms with van der Waals surface area (Å²) in [7, 11) is 0. The summed E-state index contributed by atoms with van der Waals surface area (Å²) >= 11 is 0. The quantitative estimate of drug-likeness (QED) is 0.559. The van der Waals surface area contributed by atoms with Gasteiger partial charge in [0, 0.05) is 18.3 Å². The van der Waals surface area contributed by atoms with Crippen LogP contribution in [-0.2, 0) is 19.1 Å². The number of rotatable bonds is 4. The lowest BCUT2D eigenvalue weighted by Gasteiger charge is -2.67. The van der Waals surface area contributed by atoms with E-state index in [0.717, 1.165) is 38.5 Å². The highest BCUT2D eigenvalue weighted by Gasteiger charge is 2.73. The second kappa shape index (κ2) is 8.07. The van der Waals surface area contributed by atoms with Crippen molar-refractivity contribution in [1.82, 2.24) is 0 Å². The second-order valence-corrected chi connectivity index (χ2v) is 12.5. The van der Waals surface area contributed by atoms with Crippen molar-refractivity contribution in [3.63, 3.8) is 0 Å². The molecule has 1 aromatic rings. The number of carbonyl (C=O) groups excluding carboxylic acids is 2. The zero-order chi connectivity index (χ0) is 25.2. The zero-order valence-corrected chi connectivity index (χ0v) is 21.3.